The molecule has 0 heterocycles. The number of nitrogens with one attached hydrogen (secondary N) is 2. The molecular weight excluding hydrogens is 371 g/mol. The summed E-state index contributed by atoms with van der Waals surface area (Å²) in [6.07, 6.45) is -0.343. The van der Waals surface area contributed by atoms with Crippen LogP contribution in [0.4, 0.5) is 4.39 Å². The van der Waals surface area contributed by atoms with E-state index in [9.17, 15) is 28.7 Å². The van der Waals surface area contributed by atoms with E-state index in [4.69, 9.17) is 4.74 Å². The Balaban J connectivity index is 2.90. The van der Waals surface area contributed by atoms with Gasteiger partial charge in [-0.15, -0.1) is 0 Å². The number of carbonyl (C=O) groups is 4. The predicted octanol–water partition coefficient (Wildman–Crippen LogP) is 1.03. The minimum Gasteiger partial charge on any atom is -0.480 e. The normalized spacial score (nSPS) is 13.7. The van der Waals surface area contributed by atoms with Gasteiger partial charge in [0.1, 0.15) is 17.9 Å². The second-order valence-electron chi connectivity index (χ2n) is 6.34. The molecule has 9 heteroatoms. The Bertz CT molecular complexity index is 724. The van der Waals surface area contributed by atoms with Crippen molar-refractivity contribution in [3.63, 3.8) is 0 Å². The molecule has 0 spiro atoms. The number of ether oxygens (including phenoxy) is 1. The van der Waals surface area contributed by atoms with Crippen molar-refractivity contribution in [2.24, 2.45) is 5.92 Å². The van der Waals surface area contributed by atoms with Gasteiger partial charge < -0.3 is 20.5 Å². The first-order valence-electron chi connectivity index (χ1n) is 8.86. The summed E-state index contributed by atoms with van der Waals surface area (Å²) < 4.78 is 18.7. The molecule has 1 aromatic rings. The zero-order chi connectivity index (χ0) is 21.3. The quantitative estimate of drug-likeness (QED) is 0.508. The van der Waals surface area contributed by atoms with E-state index in [1.165, 1.54) is 32.0 Å². The molecule has 8 nitrogen and oxygen atoms in total. The number of benzene rings is 1. The third kappa shape index (κ3) is 7.34. The molecule has 0 fully saturated rings. The van der Waals surface area contributed by atoms with Gasteiger partial charge in [0.15, 0.2) is 0 Å². The van der Waals surface area contributed by atoms with Gasteiger partial charge >= 0.3 is 11.9 Å². The number of esters is 1. The van der Waals surface area contributed by atoms with Gasteiger partial charge in [0.25, 0.3) is 0 Å². The summed E-state index contributed by atoms with van der Waals surface area (Å²) in [5.41, 5.74) is 0.197. The van der Waals surface area contributed by atoms with E-state index in [2.05, 4.69) is 10.6 Å². The number of carboxylic acids is 1. The summed E-state index contributed by atoms with van der Waals surface area (Å²) in [7, 11) is 0. The Morgan fingerprint density at radius 2 is 1.79 bits per heavy atom. The fourth-order valence-corrected chi connectivity index (χ4v) is 2.57. The first-order chi connectivity index (χ1) is 13.1. The zero-order valence-corrected chi connectivity index (χ0v) is 16.0. The van der Waals surface area contributed by atoms with Crippen LogP contribution in [0.2, 0.25) is 0 Å². The highest BCUT2D eigenvalue weighted by Crippen LogP contribution is 2.12. The smallest absolute Gasteiger partial charge is 0.326 e. The first kappa shape index (κ1) is 23.1. The average molecular weight is 396 g/mol. The van der Waals surface area contributed by atoms with Crippen LogP contribution in [0.25, 0.3) is 0 Å². The second kappa shape index (κ2) is 11.0. The van der Waals surface area contributed by atoms with E-state index in [-0.39, 0.29) is 25.0 Å². The minimum absolute atomic E-state index is 0.153. The van der Waals surface area contributed by atoms with Crippen LogP contribution in [0.1, 0.15) is 32.8 Å². The number of hydrogen-bond acceptors (Lipinski definition) is 5. The van der Waals surface area contributed by atoms with Crippen molar-refractivity contribution in [3.8, 4) is 0 Å². The first-order valence-corrected chi connectivity index (χ1v) is 8.86. The largest absolute Gasteiger partial charge is 0.480 e. The van der Waals surface area contributed by atoms with Crippen molar-refractivity contribution in [3.05, 3.63) is 35.6 Å². The van der Waals surface area contributed by atoms with Crippen LogP contribution in [0.3, 0.4) is 0 Å². The molecule has 0 saturated heterocycles. The van der Waals surface area contributed by atoms with Gasteiger partial charge in [-0.25, -0.2) is 9.18 Å². The van der Waals surface area contributed by atoms with Crippen LogP contribution in [-0.4, -0.2) is 47.6 Å². The fourth-order valence-electron chi connectivity index (χ4n) is 2.57. The number of amides is 2. The molecular formula is C19H25FN2O6. The van der Waals surface area contributed by atoms with E-state index in [0.29, 0.717) is 0 Å². The topological polar surface area (TPSA) is 122 Å². The van der Waals surface area contributed by atoms with E-state index in [0.717, 1.165) is 0 Å². The maximum atomic E-state index is 13.9. The number of halogens is 1. The Morgan fingerprint density at radius 3 is 2.32 bits per heavy atom. The molecule has 3 N–H and O–H groups in total. The standard InChI is InChI=1S/C19H25FN2O6/c1-4-28-19(27)11(2)9-16(18(25)26)22-17(24)15(21-12(3)23)10-13-7-5-6-8-14(13)20/h5-8,11,15-16H,4,9-10H2,1-3H3,(H,21,23)(H,22,24)(H,25,26)/t11-,15-,16-/m0/s1. The van der Waals surface area contributed by atoms with Gasteiger partial charge in [-0.2, -0.15) is 0 Å². The molecule has 3 atom stereocenters. The molecule has 154 valence electrons. The van der Waals surface area contributed by atoms with Crippen LogP contribution in [0.15, 0.2) is 24.3 Å². The molecule has 0 bridgehead atoms. The molecule has 0 unspecified atom stereocenters. The van der Waals surface area contributed by atoms with E-state index >= 15 is 0 Å². The number of carboxylic acid groups (broad SMARTS) is 1. The van der Waals surface area contributed by atoms with E-state index < -0.39 is 47.6 Å². The van der Waals surface area contributed by atoms with E-state index in [1.807, 2.05) is 0 Å². The monoisotopic (exact) mass is 396 g/mol. The Hall–Kier alpha value is -2.97. The Morgan fingerprint density at radius 1 is 1.14 bits per heavy atom. The third-order valence-corrected chi connectivity index (χ3v) is 3.97. The van der Waals surface area contributed by atoms with E-state index in [1.54, 1.807) is 13.0 Å². The molecule has 0 saturated carbocycles. The summed E-state index contributed by atoms with van der Waals surface area (Å²) >= 11 is 0. The Labute approximate surface area is 162 Å². The fraction of sp³-hybridized carbons (Fsp3) is 0.474. The molecule has 1 rings (SSSR count). The van der Waals surface area contributed by atoms with Crippen molar-refractivity contribution in [1.29, 1.82) is 0 Å². The highest BCUT2D eigenvalue weighted by atomic mass is 19.1. The summed E-state index contributed by atoms with van der Waals surface area (Å²) in [5, 5.41) is 14.1. The summed E-state index contributed by atoms with van der Waals surface area (Å²) in [5.74, 6) is -4.53. The number of hydrogen-bond donors (Lipinski definition) is 3. The average Bonchev–Trinajstić information content (AvgIpc) is 2.61. The molecule has 0 aliphatic carbocycles. The molecule has 28 heavy (non-hydrogen) atoms. The number of carbonyl (C=O) groups excluding carboxylic acids is 3. The van der Waals surface area contributed by atoms with Gasteiger partial charge in [-0.1, -0.05) is 25.1 Å². The highest BCUT2D eigenvalue weighted by Gasteiger charge is 2.30. The van der Waals surface area contributed by atoms with Crippen molar-refractivity contribution in [1.82, 2.24) is 10.6 Å². The lowest BCUT2D eigenvalue weighted by Crippen LogP contribution is -2.52. The lowest BCUT2D eigenvalue weighted by molar-refractivity contribution is -0.149. The molecule has 0 aliphatic heterocycles. The van der Waals surface area contributed by atoms with Gasteiger partial charge in [0, 0.05) is 13.3 Å². The van der Waals surface area contributed by atoms with Crippen LogP contribution in [0.5, 0.6) is 0 Å². The SMILES string of the molecule is CCOC(=O)[C@@H](C)C[C@H](NC(=O)[C@H](Cc1ccccc1F)NC(C)=O)C(=O)O. The van der Waals surface area contributed by atoms with Crippen LogP contribution in [-0.2, 0) is 30.3 Å². The van der Waals surface area contributed by atoms with Gasteiger partial charge in [0.05, 0.1) is 12.5 Å². The third-order valence-electron chi connectivity index (χ3n) is 3.97. The van der Waals surface area contributed by atoms with Crippen molar-refractivity contribution in [2.75, 3.05) is 6.61 Å². The summed E-state index contributed by atoms with van der Waals surface area (Å²) in [4.78, 5) is 47.2. The predicted molar refractivity (Wildman–Crippen MR) is 97.7 cm³/mol. The second-order valence-corrected chi connectivity index (χ2v) is 6.34. The molecule has 1 aromatic carbocycles. The highest BCUT2D eigenvalue weighted by molar-refractivity contribution is 5.90. The van der Waals surface area contributed by atoms with Gasteiger partial charge in [0.2, 0.25) is 11.8 Å². The van der Waals surface area contributed by atoms with Crippen LogP contribution in [0, 0.1) is 11.7 Å². The summed E-state index contributed by atoms with van der Waals surface area (Å²) in [6, 6.07) is 3.22. The minimum atomic E-state index is -1.37. The van der Waals surface area contributed by atoms with Gasteiger partial charge in [-0.05, 0) is 25.0 Å². The van der Waals surface area contributed by atoms with Gasteiger partial charge in [-0.3, -0.25) is 14.4 Å². The molecule has 0 aromatic heterocycles. The maximum Gasteiger partial charge on any atom is 0.326 e. The van der Waals surface area contributed by atoms with Crippen molar-refractivity contribution < 1.29 is 33.4 Å². The molecule has 2 amide bonds. The Kier molecular flexibility index (Phi) is 9.07. The van der Waals surface area contributed by atoms with Crippen LogP contribution >= 0.6 is 0 Å². The zero-order valence-electron chi connectivity index (χ0n) is 16.0. The lowest BCUT2D eigenvalue weighted by atomic mass is 10.00. The maximum absolute atomic E-state index is 13.9. The van der Waals surface area contributed by atoms with Crippen LogP contribution < -0.4 is 10.6 Å². The van der Waals surface area contributed by atoms with Crippen molar-refractivity contribution >= 4 is 23.8 Å². The number of rotatable bonds is 10. The summed E-state index contributed by atoms with van der Waals surface area (Å²) in [6.45, 7) is 4.46. The van der Waals surface area contributed by atoms with Crippen molar-refractivity contribution in [2.45, 2.75) is 45.7 Å². The molecule has 0 radical (unpaired) electrons. The lowest BCUT2D eigenvalue weighted by Gasteiger charge is -2.22. The molecule has 0 aliphatic rings. The number of aliphatic carboxylic acids is 1.